The lowest BCUT2D eigenvalue weighted by Gasteiger charge is -2.22. The number of carbonyl (C=O) groups is 2. The van der Waals surface area contributed by atoms with E-state index in [1.807, 2.05) is 30.3 Å². The first kappa shape index (κ1) is 21.7. The van der Waals surface area contributed by atoms with Crippen LogP contribution < -0.4 is 15.8 Å². The summed E-state index contributed by atoms with van der Waals surface area (Å²) in [5.74, 6) is 2.67. The molecule has 0 aliphatic carbocycles. The van der Waals surface area contributed by atoms with Gasteiger partial charge in [0.1, 0.15) is 5.82 Å². The maximum Gasteiger partial charge on any atom is 0.433 e. The highest BCUT2D eigenvalue weighted by Gasteiger charge is 2.20. The number of anilines is 2. The molecule has 0 spiro atoms. The normalized spacial score (nSPS) is 10.3. The molecule has 2 N–H and O–H groups in total. The summed E-state index contributed by atoms with van der Waals surface area (Å²) in [7, 11) is 0. The molecule has 164 valence electrons. The van der Waals surface area contributed by atoms with E-state index in [0.717, 1.165) is 27.2 Å². The number of para-hydroxylation sites is 1. The summed E-state index contributed by atoms with van der Waals surface area (Å²) in [6.45, 7) is 1.82. The Kier molecular flexibility index (Phi) is 6.43. The van der Waals surface area contributed by atoms with E-state index in [0.29, 0.717) is 10.7 Å². The Balaban J connectivity index is 1.57. The van der Waals surface area contributed by atoms with Crippen molar-refractivity contribution in [2.75, 3.05) is 16.9 Å². The van der Waals surface area contributed by atoms with Gasteiger partial charge in [-0.15, -0.1) is 17.8 Å². The molecule has 0 saturated heterocycles. The first-order valence-corrected chi connectivity index (χ1v) is 10.7. The SMILES string of the molecule is C#Cc1nc(NC(=O)NN(C(=O)OCC)c2ccc(-c3cccc4nccnc34)cc2)cs1. The van der Waals surface area contributed by atoms with Gasteiger partial charge in [0.25, 0.3) is 0 Å². The van der Waals surface area contributed by atoms with E-state index in [1.165, 1.54) is 11.3 Å². The van der Waals surface area contributed by atoms with Gasteiger partial charge in [-0.2, -0.15) is 5.01 Å². The fraction of sp³-hybridized carbons (Fsp3) is 0.0870. The molecule has 3 amide bonds. The maximum absolute atomic E-state index is 12.5. The summed E-state index contributed by atoms with van der Waals surface area (Å²) in [4.78, 5) is 37.8. The van der Waals surface area contributed by atoms with Crippen molar-refractivity contribution < 1.29 is 14.3 Å². The van der Waals surface area contributed by atoms with Gasteiger partial charge in [-0.25, -0.2) is 20.0 Å². The average molecular weight is 459 g/mol. The molecule has 0 saturated carbocycles. The summed E-state index contributed by atoms with van der Waals surface area (Å²) < 4.78 is 5.09. The van der Waals surface area contributed by atoms with Gasteiger partial charge in [-0.3, -0.25) is 15.3 Å². The highest BCUT2D eigenvalue weighted by atomic mass is 32.1. The van der Waals surface area contributed by atoms with Crippen LogP contribution in [0.25, 0.3) is 22.2 Å². The number of terminal acetylenes is 1. The Morgan fingerprint density at radius 2 is 1.94 bits per heavy atom. The summed E-state index contributed by atoms with van der Waals surface area (Å²) in [6.07, 6.45) is 7.84. The molecule has 2 aromatic heterocycles. The van der Waals surface area contributed by atoms with Crippen LogP contribution in [0, 0.1) is 12.3 Å². The van der Waals surface area contributed by atoms with Gasteiger partial charge in [0.15, 0.2) is 5.01 Å². The number of amides is 3. The molecule has 33 heavy (non-hydrogen) atoms. The number of nitrogens with one attached hydrogen (secondary N) is 2. The van der Waals surface area contributed by atoms with Crippen LogP contribution in [0.3, 0.4) is 0 Å². The number of benzene rings is 2. The van der Waals surface area contributed by atoms with Gasteiger partial charge < -0.3 is 4.74 Å². The van der Waals surface area contributed by atoms with Gasteiger partial charge in [-0.1, -0.05) is 24.3 Å². The van der Waals surface area contributed by atoms with E-state index in [-0.39, 0.29) is 12.4 Å². The molecular weight excluding hydrogens is 440 g/mol. The lowest BCUT2D eigenvalue weighted by molar-refractivity contribution is 0.156. The molecule has 0 bridgehead atoms. The number of nitrogens with zero attached hydrogens (tertiary/aromatic N) is 4. The predicted molar refractivity (Wildman–Crippen MR) is 127 cm³/mol. The number of urea groups is 1. The quantitative estimate of drug-likeness (QED) is 0.346. The largest absolute Gasteiger partial charge is 0.448 e. The van der Waals surface area contributed by atoms with Crippen molar-refractivity contribution in [3.63, 3.8) is 0 Å². The third kappa shape index (κ3) is 4.89. The van der Waals surface area contributed by atoms with Crippen molar-refractivity contribution in [1.29, 1.82) is 0 Å². The van der Waals surface area contributed by atoms with E-state index in [2.05, 4.69) is 31.6 Å². The molecular formula is C23H18N6O3S. The lowest BCUT2D eigenvalue weighted by Crippen LogP contribution is -2.48. The molecule has 4 aromatic rings. The Morgan fingerprint density at radius 1 is 1.15 bits per heavy atom. The number of hydrogen-bond acceptors (Lipinski definition) is 7. The zero-order valence-corrected chi connectivity index (χ0v) is 18.3. The first-order valence-electron chi connectivity index (χ1n) is 9.86. The minimum absolute atomic E-state index is 0.142. The standard InChI is InChI=1S/C23H18N6O3S/c1-3-20-26-19(14-33-20)27-22(30)28-29(23(31)32-4-2)16-10-8-15(9-11-16)17-6-5-7-18-21(17)25-13-12-24-18/h1,5-14H,4H2,2H3,(H2,27,28,30). The maximum atomic E-state index is 12.5. The molecule has 0 fully saturated rings. The molecule has 0 unspecified atom stereocenters. The van der Waals surface area contributed by atoms with E-state index in [9.17, 15) is 9.59 Å². The Hall–Kier alpha value is -4.49. The third-order valence-corrected chi connectivity index (χ3v) is 5.24. The van der Waals surface area contributed by atoms with Crippen LogP contribution in [0.1, 0.15) is 11.9 Å². The zero-order valence-electron chi connectivity index (χ0n) is 17.5. The molecule has 4 rings (SSSR count). The van der Waals surface area contributed by atoms with Crippen molar-refractivity contribution in [1.82, 2.24) is 20.4 Å². The minimum Gasteiger partial charge on any atom is -0.448 e. The fourth-order valence-electron chi connectivity index (χ4n) is 3.06. The van der Waals surface area contributed by atoms with Crippen LogP contribution in [-0.4, -0.2) is 33.7 Å². The molecule has 0 aliphatic rings. The van der Waals surface area contributed by atoms with E-state index in [4.69, 9.17) is 11.2 Å². The predicted octanol–water partition coefficient (Wildman–Crippen LogP) is 4.43. The Bertz CT molecular complexity index is 1340. The van der Waals surface area contributed by atoms with E-state index in [1.54, 1.807) is 36.8 Å². The van der Waals surface area contributed by atoms with Gasteiger partial charge >= 0.3 is 12.1 Å². The highest BCUT2D eigenvalue weighted by Crippen LogP contribution is 2.28. The zero-order chi connectivity index (χ0) is 23.2. The van der Waals surface area contributed by atoms with Crippen molar-refractivity contribution >= 4 is 46.0 Å². The second kappa shape index (κ2) is 9.76. The second-order valence-electron chi connectivity index (χ2n) is 6.56. The number of fused-ring (bicyclic) bond motifs is 1. The third-order valence-electron chi connectivity index (χ3n) is 4.47. The summed E-state index contributed by atoms with van der Waals surface area (Å²) in [5.41, 5.74) is 6.20. The number of rotatable bonds is 4. The lowest BCUT2D eigenvalue weighted by atomic mass is 10.0. The topological polar surface area (TPSA) is 109 Å². The molecule has 2 heterocycles. The van der Waals surface area contributed by atoms with E-state index >= 15 is 0 Å². The summed E-state index contributed by atoms with van der Waals surface area (Å²) >= 11 is 1.22. The smallest absolute Gasteiger partial charge is 0.433 e. The van der Waals surface area contributed by atoms with Crippen molar-refractivity contribution in [3.8, 4) is 23.5 Å². The minimum atomic E-state index is -0.737. The van der Waals surface area contributed by atoms with E-state index < -0.39 is 12.1 Å². The van der Waals surface area contributed by atoms with Crippen LogP contribution in [0.2, 0.25) is 0 Å². The molecule has 0 aliphatic heterocycles. The van der Waals surface area contributed by atoms with Crippen LogP contribution in [-0.2, 0) is 4.74 Å². The van der Waals surface area contributed by atoms with Crippen molar-refractivity contribution in [2.24, 2.45) is 0 Å². The highest BCUT2D eigenvalue weighted by molar-refractivity contribution is 7.10. The molecule has 10 heteroatoms. The van der Waals surface area contributed by atoms with Crippen LogP contribution in [0.15, 0.2) is 60.2 Å². The van der Waals surface area contributed by atoms with Gasteiger partial charge in [0.05, 0.1) is 23.3 Å². The average Bonchev–Trinajstić information content (AvgIpc) is 3.30. The van der Waals surface area contributed by atoms with Gasteiger partial charge in [0.2, 0.25) is 0 Å². The monoisotopic (exact) mass is 458 g/mol. The van der Waals surface area contributed by atoms with Crippen LogP contribution in [0.4, 0.5) is 21.1 Å². The van der Waals surface area contributed by atoms with Crippen molar-refractivity contribution in [2.45, 2.75) is 6.92 Å². The van der Waals surface area contributed by atoms with Crippen molar-refractivity contribution in [3.05, 3.63) is 65.2 Å². The van der Waals surface area contributed by atoms with Crippen LogP contribution in [0.5, 0.6) is 0 Å². The number of ether oxygens (including phenoxy) is 1. The molecule has 0 atom stereocenters. The Morgan fingerprint density at radius 3 is 2.67 bits per heavy atom. The summed E-state index contributed by atoms with van der Waals surface area (Å²) in [6, 6.07) is 12.1. The number of thiazole rings is 1. The molecule has 9 nitrogen and oxygen atoms in total. The second-order valence-corrected chi connectivity index (χ2v) is 7.42. The summed E-state index contributed by atoms with van der Waals surface area (Å²) in [5, 5.41) is 5.59. The molecule has 0 radical (unpaired) electrons. The molecule has 2 aromatic carbocycles. The fourth-order valence-corrected chi connectivity index (χ4v) is 3.62. The number of hydrazine groups is 1. The Labute approximate surface area is 193 Å². The number of aromatic nitrogens is 3. The number of hydrogen-bond donors (Lipinski definition) is 2. The van der Waals surface area contributed by atoms with Gasteiger partial charge in [-0.05, 0) is 36.6 Å². The van der Waals surface area contributed by atoms with Gasteiger partial charge in [0, 0.05) is 23.3 Å². The first-order chi connectivity index (χ1) is 16.1. The number of carbonyl (C=O) groups excluding carboxylic acids is 2. The van der Waals surface area contributed by atoms with Crippen LogP contribution >= 0.6 is 11.3 Å².